The van der Waals surface area contributed by atoms with Crippen molar-refractivity contribution in [3.63, 3.8) is 0 Å². The van der Waals surface area contributed by atoms with Gasteiger partial charge in [-0.15, -0.1) is 11.3 Å². The van der Waals surface area contributed by atoms with E-state index in [1.165, 1.54) is 0 Å². The zero-order chi connectivity index (χ0) is 9.97. The van der Waals surface area contributed by atoms with Crippen molar-refractivity contribution in [2.75, 3.05) is 6.61 Å². The van der Waals surface area contributed by atoms with Crippen LogP contribution >= 0.6 is 11.3 Å². The second-order valence-corrected chi connectivity index (χ2v) is 3.97. The van der Waals surface area contributed by atoms with E-state index >= 15 is 0 Å². The first kappa shape index (κ1) is 9.40. The molecular formula is C10H11NO2S. The molecule has 0 bridgehead atoms. The molecule has 0 fully saturated rings. The van der Waals surface area contributed by atoms with Gasteiger partial charge in [0.05, 0.1) is 23.7 Å². The SMILES string of the molecule is CCOC(=O)C1C=Cc2scnc2C1. The molecule has 1 heterocycles. The summed E-state index contributed by atoms with van der Waals surface area (Å²) < 4.78 is 4.96. The molecule has 0 aromatic carbocycles. The van der Waals surface area contributed by atoms with Crippen LogP contribution in [0.15, 0.2) is 11.6 Å². The predicted octanol–water partition coefficient (Wildman–Crippen LogP) is 1.89. The molecule has 74 valence electrons. The molecule has 1 aromatic heterocycles. The van der Waals surface area contributed by atoms with Crippen LogP contribution in [0, 0.1) is 5.92 Å². The third kappa shape index (κ3) is 1.70. The van der Waals surface area contributed by atoms with E-state index in [1.54, 1.807) is 11.3 Å². The Morgan fingerprint density at radius 3 is 3.43 bits per heavy atom. The Hall–Kier alpha value is -1.16. The van der Waals surface area contributed by atoms with Gasteiger partial charge in [0.25, 0.3) is 0 Å². The number of esters is 1. The number of carbonyl (C=O) groups excluding carboxylic acids is 1. The number of hydrogen-bond acceptors (Lipinski definition) is 4. The monoisotopic (exact) mass is 209 g/mol. The largest absolute Gasteiger partial charge is 0.466 e. The Morgan fingerprint density at radius 1 is 1.79 bits per heavy atom. The lowest BCUT2D eigenvalue weighted by Crippen LogP contribution is -2.20. The highest BCUT2D eigenvalue weighted by Crippen LogP contribution is 2.25. The molecule has 1 aromatic rings. The minimum atomic E-state index is -0.151. The van der Waals surface area contributed by atoms with Crippen molar-refractivity contribution >= 4 is 23.4 Å². The van der Waals surface area contributed by atoms with Crippen LogP contribution < -0.4 is 0 Å². The maximum absolute atomic E-state index is 11.4. The van der Waals surface area contributed by atoms with Crippen LogP contribution in [-0.4, -0.2) is 17.6 Å². The van der Waals surface area contributed by atoms with E-state index in [2.05, 4.69) is 4.98 Å². The fourth-order valence-electron chi connectivity index (χ4n) is 1.46. The summed E-state index contributed by atoms with van der Waals surface area (Å²) in [7, 11) is 0. The fraction of sp³-hybridized carbons (Fsp3) is 0.400. The van der Waals surface area contributed by atoms with Gasteiger partial charge in [-0.05, 0) is 13.0 Å². The van der Waals surface area contributed by atoms with Gasteiger partial charge in [0.1, 0.15) is 0 Å². The summed E-state index contributed by atoms with van der Waals surface area (Å²) in [6.07, 6.45) is 4.53. The van der Waals surface area contributed by atoms with Crippen LogP contribution in [0.4, 0.5) is 0 Å². The van der Waals surface area contributed by atoms with Crippen LogP contribution in [0.3, 0.4) is 0 Å². The van der Waals surface area contributed by atoms with Gasteiger partial charge in [-0.1, -0.05) is 6.08 Å². The lowest BCUT2D eigenvalue weighted by atomic mass is 9.98. The molecule has 0 amide bonds. The summed E-state index contributed by atoms with van der Waals surface area (Å²) in [5.41, 5.74) is 2.82. The second kappa shape index (κ2) is 3.92. The summed E-state index contributed by atoms with van der Waals surface area (Å²) >= 11 is 1.60. The zero-order valence-electron chi connectivity index (χ0n) is 7.90. The first-order chi connectivity index (χ1) is 6.81. The Labute approximate surface area is 86.4 Å². The summed E-state index contributed by atoms with van der Waals surface area (Å²) in [5, 5.41) is 0. The standard InChI is InChI=1S/C10H11NO2S/c1-2-13-10(12)7-3-4-9-8(5-7)11-6-14-9/h3-4,6-7H,2,5H2,1H3. The molecule has 0 saturated heterocycles. The third-order valence-electron chi connectivity index (χ3n) is 2.16. The topological polar surface area (TPSA) is 39.2 Å². The van der Waals surface area contributed by atoms with Gasteiger partial charge in [-0.2, -0.15) is 0 Å². The molecule has 3 nitrogen and oxygen atoms in total. The Kier molecular flexibility index (Phi) is 2.63. The van der Waals surface area contributed by atoms with E-state index in [0.717, 1.165) is 10.6 Å². The van der Waals surface area contributed by atoms with Crippen molar-refractivity contribution in [1.29, 1.82) is 0 Å². The molecule has 1 aliphatic rings. The summed E-state index contributed by atoms with van der Waals surface area (Å²) in [6, 6.07) is 0. The highest BCUT2D eigenvalue weighted by Gasteiger charge is 2.22. The Balaban J connectivity index is 2.10. The van der Waals surface area contributed by atoms with E-state index in [0.29, 0.717) is 13.0 Å². The number of aromatic nitrogens is 1. The Morgan fingerprint density at radius 2 is 2.64 bits per heavy atom. The number of nitrogens with zero attached hydrogens (tertiary/aromatic N) is 1. The Bertz CT molecular complexity index is 370. The van der Waals surface area contributed by atoms with E-state index in [9.17, 15) is 4.79 Å². The molecule has 14 heavy (non-hydrogen) atoms. The van der Waals surface area contributed by atoms with Gasteiger partial charge >= 0.3 is 5.97 Å². The summed E-state index contributed by atoms with van der Waals surface area (Å²) in [6.45, 7) is 2.26. The highest BCUT2D eigenvalue weighted by molar-refractivity contribution is 7.10. The van der Waals surface area contributed by atoms with Gasteiger partial charge in [-0.25, -0.2) is 4.98 Å². The normalized spacial score (nSPS) is 19.1. The number of carbonyl (C=O) groups is 1. The van der Waals surface area contributed by atoms with Crippen molar-refractivity contribution in [2.24, 2.45) is 5.92 Å². The summed E-state index contributed by atoms with van der Waals surface area (Å²) in [5.74, 6) is -0.299. The fourth-order valence-corrected chi connectivity index (χ4v) is 2.18. The number of rotatable bonds is 2. The summed E-state index contributed by atoms with van der Waals surface area (Å²) in [4.78, 5) is 16.8. The van der Waals surface area contributed by atoms with Crippen LogP contribution in [0.2, 0.25) is 0 Å². The molecule has 1 atom stereocenters. The zero-order valence-corrected chi connectivity index (χ0v) is 8.71. The molecule has 0 saturated carbocycles. The van der Waals surface area contributed by atoms with Crippen molar-refractivity contribution in [3.8, 4) is 0 Å². The quantitative estimate of drug-likeness (QED) is 0.698. The number of thiazole rings is 1. The number of ether oxygens (including phenoxy) is 1. The molecular weight excluding hydrogens is 198 g/mol. The molecule has 1 aliphatic carbocycles. The molecule has 0 N–H and O–H groups in total. The lowest BCUT2D eigenvalue weighted by Gasteiger charge is -2.13. The van der Waals surface area contributed by atoms with E-state index in [1.807, 2.05) is 24.6 Å². The van der Waals surface area contributed by atoms with Crippen molar-refractivity contribution in [2.45, 2.75) is 13.3 Å². The van der Waals surface area contributed by atoms with E-state index < -0.39 is 0 Å². The molecule has 4 heteroatoms. The van der Waals surface area contributed by atoms with Gasteiger partial charge in [0, 0.05) is 11.3 Å². The van der Waals surface area contributed by atoms with Gasteiger partial charge in [-0.3, -0.25) is 4.79 Å². The average Bonchev–Trinajstić information content (AvgIpc) is 2.64. The number of fused-ring (bicyclic) bond motifs is 1. The second-order valence-electron chi connectivity index (χ2n) is 3.09. The van der Waals surface area contributed by atoms with Crippen molar-refractivity contribution < 1.29 is 9.53 Å². The highest BCUT2D eigenvalue weighted by atomic mass is 32.1. The van der Waals surface area contributed by atoms with Crippen LogP contribution in [0.5, 0.6) is 0 Å². The number of hydrogen-bond donors (Lipinski definition) is 0. The van der Waals surface area contributed by atoms with E-state index in [-0.39, 0.29) is 11.9 Å². The van der Waals surface area contributed by atoms with Crippen LogP contribution in [-0.2, 0) is 16.0 Å². The van der Waals surface area contributed by atoms with Crippen LogP contribution in [0.1, 0.15) is 17.5 Å². The van der Waals surface area contributed by atoms with Gasteiger partial charge < -0.3 is 4.74 Å². The van der Waals surface area contributed by atoms with E-state index in [4.69, 9.17) is 4.74 Å². The predicted molar refractivity (Wildman–Crippen MR) is 55.0 cm³/mol. The first-order valence-corrected chi connectivity index (χ1v) is 5.46. The third-order valence-corrected chi connectivity index (χ3v) is 2.99. The minimum Gasteiger partial charge on any atom is -0.466 e. The van der Waals surface area contributed by atoms with Crippen molar-refractivity contribution in [1.82, 2.24) is 4.98 Å². The van der Waals surface area contributed by atoms with Crippen LogP contribution in [0.25, 0.3) is 6.08 Å². The molecule has 0 aliphatic heterocycles. The molecule has 1 unspecified atom stereocenters. The van der Waals surface area contributed by atoms with Gasteiger partial charge in [0.15, 0.2) is 0 Å². The maximum Gasteiger partial charge on any atom is 0.313 e. The maximum atomic E-state index is 11.4. The smallest absolute Gasteiger partial charge is 0.313 e. The van der Waals surface area contributed by atoms with Gasteiger partial charge in [0.2, 0.25) is 0 Å². The molecule has 2 rings (SSSR count). The average molecular weight is 209 g/mol. The minimum absolute atomic E-state index is 0.149. The molecule has 0 spiro atoms. The molecule has 0 radical (unpaired) electrons. The first-order valence-electron chi connectivity index (χ1n) is 4.58. The lowest BCUT2D eigenvalue weighted by molar-refractivity contribution is -0.146. The van der Waals surface area contributed by atoms with Crippen molar-refractivity contribution in [3.05, 3.63) is 22.2 Å².